The van der Waals surface area contributed by atoms with E-state index in [-0.39, 0.29) is 17.4 Å². The molecule has 116 valence electrons. The molecule has 0 bridgehead atoms. The average molecular weight is 302 g/mol. The van der Waals surface area contributed by atoms with Gasteiger partial charge in [-0.25, -0.2) is 0 Å². The zero-order chi connectivity index (χ0) is 15.6. The minimum atomic E-state index is -4.98. The molecule has 0 saturated carbocycles. The molecule has 0 radical (unpaired) electrons. The van der Waals surface area contributed by atoms with E-state index in [1.54, 1.807) is 12.2 Å². The summed E-state index contributed by atoms with van der Waals surface area (Å²) < 4.78 is 36.7. The monoisotopic (exact) mass is 302 g/mol. The summed E-state index contributed by atoms with van der Waals surface area (Å²) in [5.41, 5.74) is 1.46. The molecule has 1 aromatic rings. The number of rotatable bonds is 2. The molecule has 0 aliphatic carbocycles. The third-order valence-corrected chi connectivity index (χ3v) is 3.67. The van der Waals surface area contributed by atoms with Gasteiger partial charge in [0.05, 0.1) is 5.69 Å². The van der Waals surface area contributed by atoms with Crippen LogP contribution in [-0.2, 0) is 4.79 Å². The van der Waals surface area contributed by atoms with Crippen molar-refractivity contribution in [3.63, 3.8) is 0 Å². The molecule has 0 unspecified atom stereocenters. The lowest BCUT2D eigenvalue weighted by molar-refractivity contribution is -0.167. The number of carbonyl (C=O) groups is 1. The number of hydrogen-bond donors (Lipinski definition) is 3. The van der Waals surface area contributed by atoms with Gasteiger partial charge in [-0.05, 0) is 62.0 Å². The van der Waals surface area contributed by atoms with Crippen molar-refractivity contribution in [3.05, 3.63) is 23.3 Å². The van der Waals surface area contributed by atoms with Crippen molar-refractivity contribution in [2.45, 2.75) is 31.9 Å². The Morgan fingerprint density at radius 2 is 1.95 bits per heavy atom. The first-order chi connectivity index (χ1) is 9.79. The Labute approximate surface area is 120 Å². The van der Waals surface area contributed by atoms with Crippen LogP contribution in [0.4, 0.5) is 18.9 Å². The fourth-order valence-corrected chi connectivity index (χ4v) is 2.58. The summed E-state index contributed by atoms with van der Waals surface area (Å²) in [4.78, 5) is 10.9. The van der Waals surface area contributed by atoms with Gasteiger partial charge in [-0.15, -0.1) is 0 Å². The van der Waals surface area contributed by atoms with Gasteiger partial charge in [0.2, 0.25) is 0 Å². The number of anilines is 1. The van der Waals surface area contributed by atoms with Crippen LogP contribution in [0.2, 0.25) is 0 Å². The van der Waals surface area contributed by atoms with Crippen molar-refractivity contribution in [1.82, 2.24) is 5.32 Å². The molecule has 1 fully saturated rings. The highest BCUT2D eigenvalue weighted by Crippen LogP contribution is 2.35. The van der Waals surface area contributed by atoms with Crippen molar-refractivity contribution in [2.75, 3.05) is 18.4 Å². The molecule has 0 atom stereocenters. The highest BCUT2D eigenvalue weighted by molar-refractivity contribution is 5.96. The number of benzene rings is 1. The van der Waals surface area contributed by atoms with Crippen molar-refractivity contribution >= 4 is 11.6 Å². The van der Waals surface area contributed by atoms with Crippen molar-refractivity contribution in [2.24, 2.45) is 0 Å². The van der Waals surface area contributed by atoms with E-state index in [1.165, 1.54) is 12.1 Å². The standard InChI is InChI=1S/C14H17F3N2O2/c1-8-6-11(19-13(21)14(15,16)17)12(20)7-10(8)9-2-4-18-5-3-9/h6-7,9,18,20H,2-5H2,1H3,(H,19,21). The molecule has 0 aromatic heterocycles. The van der Waals surface area contributed by atoms with Gasteiger partial charge in [-0.2, -0.15) is 13.2 Å². The van der Waals surface area contributed by atoms with Crippen LogP contribution in [0.5, 0.6) is 5.75 Å². The second kappa shape index (κ2) is 5.93. The molecule has 1 saturated heterocycles. The highest BCUT2D eigenvalue weighted by atomic mass is 19.4. The van der Waals surface area contributed by atoms with Crippen LogP contribution in [-0.4, -0.2) is 30.3 Å². The van der Waals surface area contributed by atoms with Gasteiger partial charge in [-0.1, -0.05) is 0 Å². The lowest BCUT2D eigenvalue weighted by atomic mass is 9.87. The van der Waals surface area contributed by atoms with Gasteiger partial charge >= 0.3 is 12.1 Å². The summed E-state index contributed by atoms with van der Waals surface area (Å²) in [7, 11) is 0. The lowest BCUT2D eigenvalue weighted by Gasteiger charge is -2.25. The number of piperidine rings is 1. The predicted molar refractivity (Wildman–Crippen MR) is 72.4 cm³/mol. The molecule has 1 amide bonds. The van der Waals surface area contributed by atoms with E-state index in [0.717, 1.165) is 37.1 Å². The van der Waals surface area contributed by atoms with Crippen LogP contribution in [0.3, 0.4) is 0 Å². The number of carbonyl (C=O) groups excluding carboxylic acids is 1. The molecular weight excluding hydrogens is 285 g/mol. The van der Waals surface area contributed by atoms with E-state index in [2.05, 4.69) is 5.32 Å². The fourth-order valence-electron chi connectivity index (χ4n) is 2.58. The molecule has 7 heteroatoms. The molecule has 1 aliphatic heterocycles. The summed E-state index contributed by atoms with van der Waals surface area (Å²) in [5, 5.41) is 14.8. The van der Waals surface area contributed by atoms with Gasteiger partial charge in [0.1, 0.15) is 5.75 Å². The SMILES string of the molecule is Cc1cc(NC(=O)C(F)(F)F)c(O)cc1C1CCNCC1. The predicted octanol–water partition coefficient (Wildman–Crippen LogP) is 2.67. The Balaban J connectivity index is 2.22. The Morgan fingerprint density at radius 1 is 1.33 bits per heavy atom. The minimum absolute atomic E-state index is 0.215. The third-order valence-electron chi connectivity index (χ3n) is 3.67. The summed E-state index contributed by atoms with van der Waals surface area (Å²) in [6, 6.07) is 2.84. The first-order valence-corrected chi connectivity index (χ1v) is 6.71. The number of phenols is 1. The van der Waals surface area contributed by atoms with Crippen LogP contribution in [0.15, 0.2) is 12.1 Å². The number of alkyl halides is 3. The van der Waals surface area contributed by atoms with Gasteiger partial charge in [0.15, 0.2) is 0 Å². The zero-order valence-corrected chi connectivity index (χ0v) is 11.5. The molecule has 3 N–H and O–H groups in total. The maximum Gasteiger partial charge on any atom is 0.471 e. The van der Waals surface area contributed by atoms with Gasteiger partial charge < -0.3 is 15.7 Å². The number of amides is 1. The lowest BCUT2D eigenvalue weighted by Crippen LogP contribution is -2.30. The molecule has 1 aromatic carbocycles. The number of halogens is 3. The van der Waals surface area contributed by atoms with Crippen LogP contribution in [0.25, 0.3) is 0 Å². The van der Waals surface area contributed by atoms with Gasteiger partial charge in [0, 0.05) is 0 Å². The van der Waals surface area contributed by atoms with E-state index in [4.69, 9.17) is 0 Å². The summed E-state index contributed by atoms with van der Waals surface area (Å²) in [6.45, 7) is 3.51. The maximum atomic E-state index is 12.2. The molecule has 2 rings (SSSR count). The normalized spacial score (nSPS) is 16.8. The van der Waals surface area contributed by atoms with Crippen molar-refractivity contribution in [3.8, 4) is 5.75 Å². The minimum Gasteiger partial charge on any atom is -0.506 e. The molecule has 21 heavy (non-hydrogen) atoms. The second-order valence-electron chi connectivity index (χ2n) is 5.20. The van der Waals surface area contributed by atoms with E-state index >= 15 is 0 Å². The molecule has 1 aliphatic rings. The highest BCUT2D eigenvalue weighted by Gasteiger charge is 2.39. The molecular formula is C14H17F3N2O2. The summed E-state index contributed by atoms with van der Waals surface area (Å²) in [5.74, 6) is -2.16. The average Bonchev–Trinajstić information content (AvgIpc) is 2.42. The summed E-state index contributed by atoms with van der Waals surface area (Å²) in [6.07, 6.45) is -3.16. The fraction of sp³-hybridized carbons (Fsp3) is 0.500. The topological polar surface area (TPSA) is 61.4 Å². The Bertz CT molecular complexity index is 538. The first-order valence-electron chi connectivity index (χ1n) is 6.71. The second-order valence-corrected chi connectivity index (χ2v) is 5.20. The number of aryl methyl sites for hydroxylation is 1. The Morgan fingerprint density at radius 3 is 2.52 bits per heavy atom. The van der Waals surface area contributed by atoms with Crippen molar-refractivity contribution < 1.29 is 23.1 Å². The smallest absolute Gasteiger partial charge is 0.471 e. The van der Waals surface area contributed by atoms with Crippen LogP contribution in [0, 0.1) is 6.92 Å². The number of aromatic hydroxyl groups is 1. The summed E-state index contributed by atoms with van der Waals surface area (Å²) >= 11 is 0. The number of phenolic OH excluding ortho intramolecular Hbond substituents is 1. The number of nitrogens with one attached hydrogen (secondary N) is 2. The van der Waals surface area contributed by atoms with E-state index < -0.39 is 12.1 Å². The van der Waals surface area contributed by atoms with E-state index in [1.807, 2.05) is 0 Å². The molecule has 0 spiro atoms. The quantitative estimate of drug-likeness (QED) is 0.736. The van der Waals surface area contributed by atoms with E-state index in [0.29, 0.717) is 0 Å². The molecule has 1 heterocycles. The third kappa shape index (κ3) is 3.66. The van der Waals surface area contributed by atoms with E-state index in [9.17, 15) is 23.1 Å². The zero-order valence-electron chi connectivity index (χ0n) is 11.5. The van der Waals surface area contributed by atoms with Gasteiger partial charge in [0.25, 0.3) is 0 Å². The van der Waals surface area contributed by atoms with Crippen LogP contribution < -0.4 is 10.6 Å². The van der Waals surface area contributed by atoms with Crippen LogP contribution >= 0.6 is 0 Å². The van der Waals surface area contributed by atoms with Crippen LogP contribution in [0.1, 0.15) is 29.9 Å². The molecule has 4 nitrogen and oxygen atoms in total. The van der Waals surface area contributed by atoms with Gasteiger partial charge in [-0.3, -0.25) is 4.79 Å². The van der Waals surface area contributed by atoms with Crippen molar-refractivity contribution in [1.29, 1.82) is 0 Å². The Kier molecular flexibility index (Phi) is 4.41. The first kappa shape index (κ1) is 15.6. The number of hydrogen-bond acceptors (Lipinski definition) is 3. The Hall–Kier alpha value is -1.76. The largest absolute Gasteiger partial charge is 0.506 e. The maximum absolute atomic E-state index is 12.2.